The summed E-state index contributed by atoms with van der Waals surface area (Å²) in [6, 6.07) is 91.0. The van der Waals surface area contributed by atoms with Crippen molar-refractivity contribution in [1.82, 2.24) is 0 Å². The second-order valence-corrected chi connectivity index (χ2v) is 17.6. The molecule has 0 aliphatic rings. The molecule has 2 heteroatoms. The first kappa shape index (κ1) is 37.7. The van der Waals surface area contributed by atoms with Crippen LogP contribution in [0.5, 0.6) is 0 Å². The molecule has 0 fully saturated rings. The van der Waals surface area contributed by atoms with E-state index in [4.69, 9.17) is 0 Å². The molecule has 0 N–H and O–H groups in total. The summed E-state index contributed by atoms with van der Waals surface area (Å²) in [4.78, 5) is 2.41. The van der Waals surface area contributed by atoms with E-state index >= 15 is 0 Å². The van der Waals surface area contributed by atoms with Crippen LogP contribution in [0.25, 0.3) is 97.4 Å². The molecule has 0 saturated heterocycles. The zero-order chi connectivity index (χ0) is 42.4. The Labute approximate surface area is 377 Å². The van der Waals surface area contributed by atoms with Gasteiger partial charge in [0.1, 0.15) is 0 Å². The summed E-state index contributed by atoms with van der Waals surface area (Å²) >= 11 is 1.86. The van der Waals surface area contributed by atoms with Gasteiger partial charge >= 0.3 is 0 Å². The number of hydrogen-bond acceptors (Lipinski definition) is 2. The fraction of sp³-hybridized carbons (Fsp3) is 0. The van der Waals surface area contributed by atoms with Crippen LogP contribution in [-0.2, 0) is 0 Å². The molecule has 0 atom stereocenters. The molecule has 0 aliphatic heterocycles. The average molecular weight is 832 g/mol. The third-order valence-corrected chi connectivity index (χ3v) is 13.8. The standard InChI is InChI=1S/C62H41NS/c1-2-13-48-40-51(28-25-42(48)11-1)50-16-9-15-49(39-50)45-31-36-54(37-32-45)63(60-21-7-5-18-57(60)52-33-38-59-58-19-6-8-22-61(58)64-62(59)41-52)53-34-29-44(30-35-53)43-23-26-47(27-24-43)56-20-10-14-46-12-3-4-17-55(46)56/h1-41H. The summed E-state index contributed by atoms with van der Waals surface area (Å²) < 4.78 is 2.61. The number of para-hydroxylation sites is 1. The van der Waals surface area contributed by atoms with Gasteiger partial charge in [-0.1, -0.05) is 194 Å². The van der Waals surface area contributed by atoms with Gasteiger partial charge in [-0.25, -0.2) is 0 Å². The van der Waals surface area contributed by atoms with Crippen molar-refractivity contribution in [1.29, 1.82) is 0 Å². The number of rotatable bonds is 8. The van der Waals surface area contributed by atoms with E-state index in [0.717, 1.165) is 17.1 Å². The average Bonchev–Trinajstić information content (AvgIpc) is 3.75. The molecular weight excluding hydrogens is 791 g/mol. The Morgan fingerprint density at radius 3 is 1.53 bits per heavy atom. The molecule has 12 aromatic rings. The van der Waals surface area contributed by atoms with Crippen molar-refractivity contribution < 1.29 is 0 Å². The summed E-state index contributed by atoms with van der Waals surface area (Å²) in [6.45, 7) is 0. The summed E-state index contributed by atoms with van der Waals surface area (Å²) in [5.41, 5.74) is 15.3. The zero-order valence-corrected chi connectivity index (χ0v) is 35.8. The van der Waals surface area contributed by atoms with Crippen molar-refractivity contribution in [3.05, 3.63) is 249 Å². The highest BCUT2D eigenvalue weighted by molar-refractivity contribution is 7.25. The first-order valence-corrected chi connectivity index (χ1v) is 22.7. The zero-order valence-electron chi connectivity index (χ0n) is 35.0. The molecule has 1 aromatic heterocycles. The highest BCUT2D eigenvalue weighted by atomic mass is 32.1. The molecule has 0 aliphatic carbocycles. The van der Waals surface area contributed by atoms with Gasteiger partial charge in [0.05, 0.1) is 5.69 Å². The summed E-state index contributed by atoms with van der Waals surface area (Å²) in [5.74, 6) is 0. The lowest BCUT2D eigenvalue weighted by molar-refractivity contribution is 1.28. The van der Waals surface area contributed by atoms with Gasteiger partial charge in [0, 0.05) is 37.1 Å². The number of nitrogens with zero attached hydrogens (tertiary/aromatic N) is 1. The van der Waals surface area contributed by atoms with Gasteiger partial charge in [-0.2, -0.15) is 0 Å². The van der Waals surface area contributed by atoms with E-state index in [1.807, 2.05) is 11.3 Å². The molecule has 11 aromatic carbocycles. The monoisotopic (exact) mass is 831 g/mol. The van der Waals surface area contributed by atoms with E-state index < -0.39 is 0 Å². The van der Waals surface area contributed by atoms with Crippen LogP contribution in [-0.4, -0.2) is 0 Å². The van der Waals surface area contributed by atoms with E-state index in [2.05, 4.69) is 254 Å². The van der Waals surface area contributed by atoms with Gasteiger partial charge in [0.15, 0.2) is 0 Å². The topological polar surface area (TPSA) is 3.24 Å². The predicted molar refractivity (Wildman–Crippen MR) is 276 cm³/mol. The van der Waals surface area contributed by atoms with Crippen LogP contribution in [0.3, 0.4) is 0 Å². The molecule has 300 valence electrons. The van der Waals surface area contributed by atoms with Crippen molar-refractivity contribution in [3.63, 3.8) is 0 Å². The molecule has 1 heterocycles. The minimum Gasteiger partial charge on any atom is -0.310 e. The third-order valence-electron chi connectivity index (χ3n) is 12.7. The quantitative estimate of drug-likeness (QED) is 0.147. The van der Waals surface area contributed by atoms with Gasteiger partial charge in [0.2, 0.25) is 0 Å². The second kappa shape index (κ2) is 16.0. The fourth-order valence-electron chi connectivity index (χ4n) is 9.41. The van der Waals surface area contributed by atoms with E-state index in [9.17, 15) is 0 Å². The molecule has 0 bridgehead atoms. The van der Waals surface area contributed by atoms with Gasteiger partial charge in [-0.3, -0.25) is 0 Å². The van der Waals surface area contributed by atoms with Gasteiger partial charge in [-0.05, 0) is 126 Å². The van der Waals surface area contributed by atoms with E-state index in [1.54, 1.807) is 0 Å². The second-order valence-electron chi connectivity index (χ2n) is 16.5. The maximum Gasteiger partial charge on any atom is 0.0540 e. The van der Waals surface area contributed by atoms with Crippen LogP contribution in [0.1, 0.15) is 0 Å². The smallest absolute Gasteiger partial charge is 0.0540 e. The van der Waals surface area contributed by atoms with Crippen molar-refractivity contribution in [2.45, 2.75) is 0 Å². The molecule has 0 spiro atoms. The van der Waals surface area contributed by atoms with Gasteiger partial charge in [-0.15, -0.1) is 11.3 Å². The minimum atomic E-state index is 1.09. The number of benzene rings is 11. The molecule has 1 nitrogen and oxygen atoms in total. The minimum absolute atomic E-state index is 1.09. The van der Waals surface area contributed by atoms with Gasteiger partial charge in [0.25, 0.3) is 0 Å². The summed E-state index contributed by atoms with van der Waals surface area (Å²) in [5, 5.41) is 7.66. The lowest BCUT2D eigenvalue weighted by atomic mass is 9.96. The number of hydrogen-bond donors (Lipinski definition) is 0. The highest BCUT2D eigenvalue weighted by Gasteiger charge is 2.19. The SMILES string of the molecule is c1cc(-c2ccc(N(c3ccc(-c4ccc(-c5cccc6ccccc56)cc4)cc3)c3ccccc3-c3ccc4c(c3)sc3ccccc34)cc2)cc(-c2ccc3ccccc3c2)c1. The van der Waals surface area contributed by atoms with E-state index in [1.165, 1.54) is 97.4 Å². The molecule has 0 unspecified atom stereocenters. The lowest BCUT2D eigenvalue weighted by Gasteiger charge is -2.28. The lowest BCUT2D eigenvalue weighted by Crippen LogP contribution is -2.11. The van der Waals surface area contributed by atoms with Crippen LogP contribution in [0.2, 0.25) is 0 Å². The van der Waals surface area contributed by atoms with Crippen molar-refractivity contribution in [3.8, 4) is 55.6 Å². The summed E-state index contributed by atoms with van der Waals surface area (Å²) in [6.07, 6.45) is 0. The van der Waals surface area contributed by atoms with Crippen LogP contribution in [0.15, 0.2) is 249 Å². The Balaban J connectivity index is 0.920. The maximum atomic E-state index is 2.41. The molecule has 64 heavy (non-hydrogen) atoms. The first-order valence-electron chi connectivity index (χ1n) is 21.9. The Morgan fingerprint density at radius 1 is 0.250 bits per heavy atom. The molecule has 0 radical (unpaired) electrons. The molecular formula is C62H41NS. The number of thiophene rings is 1. The number of fused-ring (bicyclic) bond motifs is 5. The highest BCUT2D eigenvalue weighted by Crippen LogP contribution is 2.44. The molecule has 0 amide bonds. The summed E-state index contributed by atoms with van der Waals surface area (Å²) in [7, 11) is 0. The van der Waals surface area contributed by atoms with Gasteiger partial charge < -0.3 is 4.90 Å². The van der Waals surface area contributed by atoms with E-state index in [-0.39, 0.29) is 0 Å². The predicted octanol–water partition coefficient (Wildman–Crippen LogP) is 18.2. The molecule has 12 rings (SSSR count). The van der Waals surface area contributed by atoms with Crippen molar-refractivity contribution in [2.75, 3.05) is 4.90 Å². The van der Waals surface area contributed by atoms with Crippen LogP contribution in [0.4, 0.5) is 17.1 Å². The largest absolute Gasteiger partial charge is 0.310 e. The fourth-order valence-corrected chi connectivity index (χ4v) is 10.6. The van der Waals surface area contributed by atoms with Crippen molar-refractivity contribution >= 4 is 70.1 Å². The Bertz CT molecular complexity index is 3650. The third kappa shape index (κ3) is 6.91. The Hall–Kier alpha value is -8.04. The van der Waals surface area contributed by atoms with Crippen LogP contribution < -0.4 is 4.90 Å². The van der Waals surface area contributed by atoms with Crippen LogP contribution in [0, 0.1) is 0 Å². The van der Waals surface area contributed by atoms with Crippen LogP contribution >= 0.6 is 11.3 Å². The Morgan fingerprint density at radius 2 is 0.750 bits per heavy atom. The first-order chi connectivity index (χ1) is 31.7. The van der Waals surface area contributed by atoms with E-state index in [0.29, 0.717) is 0 Å². The Kier molecular flexibility index (Phi) is 9.43. The normalized spacial score (nSPS) is 11.4. The van der Waals surface area contributed by atoms with Crippen molar-refractivity contribution in [2.24, 2.45) is 0 Å². The number of anilines is 3. The molecule has 0 saturated carbocycles. The maximum absolute atomic E-state index is 2.41.